The molecule has 0 radical (unpaired) electrons. The number of rotatable bonds is 8. The Kier molecular flexibility index (Phi) is 7.39. The van der Waals surface area contributed by atoms with Crippen molar-refractivity contribution in [2.45, 2.75) is 58.6 Å². The van der Waals surface area contributed by atoms with Gasteiger partial charge in [-0.2, -0.15) is 0 Å². The predicted octanol–water partition coefficient (Wildman–Crippen LogP) is 2.41. The smallest absolute Gasteiger partial charge is 0.310 e. The van der Waals surface area contributed by atoms with Gasteiger partial charge in [0.05, 0.1) is 13.0 Å². The van der Waals surface area contributed by atoms with Gasteiger partial charge in [-0.25, -0.2) is 0 Å². The number of aliphatic hydroxyl groups is 1. The second kappa shape index (κ2) is 8.54. The highest BCUT2D eigenvalue weighted by Gasteiger charge is 2.35. The third-order valence-electron chi connectivity index (χ3n) is 3.88. The van der Waals surface area contributed by atoms with E-state index in [4.69, 9.17) is 4.74 Å². The molecule has 2 unspecified atom stereocenters. The summed E-state index contributed by atoms with van der Waals surface area (Å²) in [6.45, 7) is 6.04. The fourth-order valence-corrected chi connectivity index (χ4v) is 2.68. The van der Waals surface area contributed by atoms with Crippen molar-refractivity contribution < 1.29 is 14.6 Å². The van der Waals surface area contributed by atoms with Gasteiger partial charge in [0.25, 0.3) is 0 Å². The molecule has 1 aliphatic heterocycles. The highest BCUT2D eigenvalue weighted by molar-refractivity contribution is 5.72. The van der Waals surface area contributed by atoms with Crippen LogP contribution in [0, 0.1) is 11.8 Å². The number of hydrogen-bond acceptors (Lipinski definition) is 4. The third kappa shape index (κ3) is 5.91. The summed E-state index contributed by atoms with van der Waals surface area (Å²) in [4.78, 5) is 13.4. The van der Waals surface area contributed by atoms with E-state index in [9.17, 15) is 9.90 Å². The number of ether oxygens (including phenoxy) is 1. The summed E-state index contributed by atoms with van der Waals surface area (Å²) in [5, 5.41) is 9.90. The average molecular weight is 271 g/mol. The molecule has 0 saturated carbocycles. The third-order valence-corrected chi connectivity index (χ3v) is 3.88. The number of carbonyl (C=O) groups excluding carboxylic acids is 1. The van der Waals surface area contributed by atoms with Crippen molar-refractivity contribution in [3.05, 3.63) is 0 Å². The molecule has 1 aliphatic rings. The number of unbranched alkanes of at least 4 members (excludes halogenated alkanes) is 3. The maximum absolute atomic E-state index is 11.4. The lowest BCUT2D eigenvalue weighted by Crippen LogP contribution is -2.30. The quantitative estimate of drug-likeness (QED) is 0.544. The molecule has 0 aliphatic carbocycles. The van der Waals surface area contributed by atoms with Gasteiger partial charge >= 0.3 is 5.97 Å². The molecule has 0 bridgehead atoms. The number of aliphatic hydroxyl groups excluding tert-OH is 1. The topological polar surface area (TPSA) is 49.8 Å². The first-order chi connectivity index (χ1) is 9.04. The molecule has 2 atom stereocenters. The molecule has 0 aromatic rings. The molecule has 4 nitrogen and oxygen atoms in total. The largest absolute Gasteiger partial charge is 0.469 e. The van der Waals surface area contributed by atoms with E-state index >= 15 is 0 Å². The lowest BCUT2D eigenvalue weighted by Gasteiger charge is -2.19. The highest BCUT2D eigenvalue weighted by Crippen LogP contribution is 2.23. The molecule has 0 spiro atoms. The lowest BCUT2D eigenvalue weighted by atomic mass is 10.0. The number of methoxy groups -OCH3 is 1. The van der Waals surface area contributed by atoms with Crippen LogP contribution >= 0.6 is 0 Å². The first kappa shape index (κ1) is 16.4. The van der Waals surface area contributed by atoms with Gasteiger partial charge in [0, 0.05) is 19.5 Å². The summed E-state index contributed by atoms with van der Waals surface area (Å²) in [5.41, 5.74) is 0. The summed E-state index contributed by atoms with van der Waals surface area (Å²) in [6.07, 6.45) is 6.21. The van der Waals surface area contributed by atoms with Crippen LogP contribution in [0.5, 0.6) is 0 Å². The van der Waals surface area contributed by atoms with Crippen LogP contribution in [0.3, 0.4) is 0 Å². The summed E-state index contributed by atoms with van der Waals surface area (Å²) >= 11 is 0. The predicted molar refractivity (Wildman–Crippen MR) is 75.6 cm³/mol. The Morgan fingerprint density at radius 3 is 2.63 bits per heavy atom. The van der Waals surface area contributed by atoms with Gasteiger partial charge < -0.3 is 9.84 Å². The molecule has 19 heavy (non-hydrogen) atoms. The SMILES string of the molecule is COC(=O)C1CC(O)N(CCCCCCC(C)C)C1. The molecule has 1 fully saturated rings. The monoisotopic (exact) mass is 271 g/mol. The van der Waals surface area contributed by atoms with E-state index in [1.165, 1.54) is 32.8 Å². The van der Waals surface area contributed by atoms with E-state index in [0.717, 1.165) is 18.9 Å². The van der Waals surface area contributed by atoms with Crippen molar-refractivity contribution in [1.29, 1.82) is 0 Å². The summed E-state index contributed by atoms with van der Waals surface area (Å²) < 4.78 is 4.73. The van der Waals surface area contributed by atoms with Gasteiger partial charge in [0.15, 0.2) is 0 Å². The first-order valence-corrected chi connectivity index (χ1v) is 7.54. The Morgan fingerprint density at radius 2 is 2.00 bits per heavy atom. The van der Waals surface area contributed by atoms with E-state index in [1.807, 2.05) is 4.90 Å². The van der Waals surface area contributed by atoms with E-state index in [1.54, 1.807) is 0 Å². The number of esters is 1. The zero-order chi connectivity index (χ0) is 14.3. The maximum atomic E-state index is 11.4. The Morgan fingerprint density at radius 1 is 1.32 bits per heavy atom. The normalized spacial score (nSPS) is 24.1. The molecule has 0 aromatic carbocycles. The first-order valence-electron chi connectivity index (χ1n) is 7.54. The fraction of sp³-hybridized carbons (Fsp3) is 0.933. The van der Waals surface area contributed by atoms with Gasteiger partial charge in [0.1, 0.15) is 6.23 Å². The lowest BCUT2D eigenvalue weighted by molar-refractivity contribution is -0.145. The number of carbonyl (C=O) groups is 1. The van der Waals surface area contributed by atoms with Gasteiger partial charge in [-0.3, -0.25) is 9.69 Å². The Labute approximate surface area is 117 Å². The van der Waals surface area contributed by atoms with E-state index < -0.39 is 6.23 Å². The molecule has 1 heterocycles. The molecule has 1 rings (SSSR count). The fourth-order valence-electron chi connectivity index (χ4n) is 2.68. The van der Waals surface area contributed by atoms with Gasteiger partial charge in [0.2, 0.25) is 0 Å². The molecule has 4 heteroatoms. The van der Waals surface area contributed by atoms with Crippen molar-refractivity contribution in [1.82, 2.24) is 4.90 Å². The van der Waals surface area contributed by atoms with Crippen LogP contribution in [0.2, 0.25) is 0 Å². The van der Waals surface area contributed by atoms with Crippen molar-refractivity contribution in [2.75, 3.05) is 20.2 Å². The number of likely N-dealkylation sites (tertiary alicyclic amines) is 1. The minimum Gasteiger partial charge on any atom is -0.469 e. The number of hydrogen-bond donors (Lipinski definition) is 1. The molecule has 0 aromatic heterocycles. The van der Waals surface area contributed by atoms with Crippen LogP contribution in [0.25, 0.3) is 0 Å². The van der Waals surface area contributed by atoms with E-state index in [-0.39, 0.29) is 11.9 Å². The second-order valence-corrected chi connectivity index (χ2v) is 6.03. The van der Waals surface area contributed by atoms with Crippen molar-refractivity contribution in [2.24, 2.45) is 11.8 Å². The van der Waals surface area contributed by atoms with Crippen LogP contribution in [-0.2, 0) is 9.53 Å². The molecule has 1 N–H and O–H groups in total. The molecule has 112 valence electrons. The summed E-state index contributed by atoms with van der Waals surface area (Å²) in [6, 6.07) is 0. The van der Waals surface area contributed by atoms with Crippen LogP contribution in [-0.4, -0.2) is 42.4 Å². The van der Waals surface area contributed by atoms with E-state index in [2.05, 4.69) is 13.8 Å². The van der Waals surface area contributed by atoms with E-state index in [0.29, 0.717) is 13.0 Å². The minimum absolute atomic E-state index is 0.152. The van der Waals surface area contributed by atoms with Crippen LogP contribution in [0.4, 0.5) is 0 Å². The Hall–Kier alpha value is -0.610. The Balaban J connectivity index is 2.11. The second-order valence-electron chi connectivity index (χ2n) is 6.03. The van der Waals surface area contributed by atoms with Crippen LogP contribution in [0.1, 0.15) is 52.4 Å². The standard InChI is InChI=1S/C15H29NO3/c1-12(2)8-6-4-5-7-9-16-11-13(10-14(16)17)15(18)19-3/h12-14,17H,4-11H2,1-3H3. The van der Waals surface area contributed by atoms with Crippen molar-refractivity contribution in [3.8, 4) is 0 Å². The Bertz CT molecular complexity index is 268. The van der Waals surface area contributed by atoms with Crippen LogP contribution in [0.15, 0.2) is 0 Å². The number of nitrogens with zero attached hydrogens (tertiary/aromatic N) is 1. The molecule has 0 amide bonds. The highest BCUT2D eigenvalue weighted by atomic mass is 16.5. The van der Waals surface area contributed by atoms with Gasteiger partial charge in [-0.1, -0.05) is 39.5 Å². The zero-order valence-corrected chi connectivity index (χ0v) is 12.6. The average Bonchev–Trinajstić information content (AvgIpc) is 2.74. The maximum Gasteiger partial charge on any atom is 0.310 e. The molecule has 1 saturated heterocycles. The van der Waals surface area contributed by atoms with Crippen LogP contribution < -0.4 is 0 Å². The van der Waals surface area contributed by atoms with Crippen molar-refractivity contribution in [3.63, 3.8) is 0 Å². The molecular formula is C15H29NO3. The zero-order valence-electron chi connectivity index (χ0n) is 12.6. The minimum atomic E-state index is -0.472. The van der Waals surface area contributed by atoms with Gasteiger partial charge in [-0.05, 0) is 12.3 Å². The summed E-state index contributed by atoms with van der Waals surface area (Å²) in [7, 11) is 1.41. The molecular weight excluding hydrogens is 242 g/mol. The van der Waals surface area contributed by atoms with Gasteiger partial charge in [-0.15, -0.1) is 0 Å². The summed E-state index contributed by atoms with van der Waals surface area (Å²) in [5.74, 6) is 0.445. The van der Waals surface area contributed by atoms with Crippen molar-refractivity contribution >= 4 is 5.97 Å².